The van der Waals surface area contributed by atoms with Gasteiger partial charge in [-0.3, -0.25) is 0 Å². The van der Waals surface area contributed by atoms with E-state index in [1.54, 1.807) is 0 Å². The molecule has 0 saturated heterocycles. The third-order valence-corrected chi connectivity index (χ3v) is 6.15. The van der Waals surface area contributed by atoms with E-state index in [0.717, 1.165) is 30.3 Å². The van der Waals surface area contributed by atoms with Gasteiger partial charge in [0.15, 0.2) is 0 Å². The van der Waals surface area contributed by atoms with Crippen molar-refractivity contribution in [2.75, 3.05) is 16.5 Å². The maximum absolute atomic E-state index is 6.60. The Labute approximate surface area is 150 Å². The van der Waals surface area contributed by atoms with Gasteiger partial charge < -0.3 is 9.91 Å². The molecule has 0 amide bonds. The average molecular weight is 382 g/mol. The molecule has 3 nitrogen and oxygen atoms in total. The smallest absolute Gasteiger partial charge is 0.0837 e. The first-order chi connectivity index (χ1) is 11.7. The van der Waals surface area contributed by atoms with Crippen LogP contribution in [0.25, 0.3) is 5.57 Å². The Balaban J connectivity index is 1.65. The van der Waals surface area contributed by atoms with Crippen LogP contribution in [0.3, 0.4) is 0 Å². The normalized spacial score (nSPS) is 26.9. The summed E-state index contributed by atoms with van der Waals surface area (Å²) in [7, 11) is 0. The summed E-state index contributed by atoms with van der Waals surface area (Å²) in [6.45, 7) is 1.08. The van der Waals surface area contributed by atoms with Crippen molar-refractivity contribution in [2.45, 2.75) is 31.3 Å². The minimum atomic E-state index is 0.261. The van der Waals surface area contributed by atoms with Crippen molar-refractivity contribution >= 4 is 32.9 Å². The fraction of sp³-hybridized carbons (Fsp3) is 0.300. The van der Waals surface area contributed by atoms with Crippen LogP contribution in [-0.2, 0) is 6.42 Å². The Morgan fingerprint density at radius 1 is 1.12 bits per heavy atom. The number of hydrogen-bond donors (Lipinski definition) is 1. The highest BCUT2D eigenvalue weighted by atomic mass is 79.9. The second-order valence-electron chi connectivity index (χ2n) is 6.88. The molecule has 0 saturated carbocycles. The number of halogens is 1. The van der Waals surface area contributed by atoms with Crippen LogP contribution >= 0.6 is 15.9 Å². The van der Waals surface area contributed by atoms with Crippen LogP contribution in [-0.4, -0.2) is 18.6 Å². The number of fused-ring (bicyclic) bond motifs is 5. The summed E-state index contributed by atoms with van der Waals surface area (Å²) in [5, 5.41) is 2.01. The Kier molecular flexibility index (Phi) is 3.25. The van der Waals surface area contributed by atoms with Crippen molar-refractivity contribution < 1.29 is 0 Å². The highest BCUT2D eigenvalue weighted by Gasteiger charge is 2.39. The molecule has 0 aromatic heterocycles. The predicted octanol–water partition coefficient (Wildman–Crippen LogP) is 4.06. The molecule has 2 N–H and O–H groups in total. The summed E-state index contributed by atoms with van der Waals surface area (Å²) in [6, 6.07) is 5.28. The van der Waals surface area contributed by atoms with Crippen LogP contribution in [0.2, 0.25) is 0 Å². The maximum Gasteiger partial charge on any atom is 0.0837 e. The number of nitrogens with zero attached hydrogens (tertiary/aromatic N) is 2. The molecule has 2 heterocycles. The zero-order chi connectivity index (χ0) is 16.3. The van der Waals surface area contributed by atoms with Crippen molar-refractivity contribution in [1.82, 2.24) is 0 Å². The van der Waals surface area contributed by atoms with Gasteiger partial charge in [-0.15, -0.1) is 0 Å². The zero-order valence-electron chi connectivity index (χ0n) is 13.5. The molecule has 1 aromatic rings. The summed E-state index contributed by atoms with van der Waals surface area (Å²) in [6.07, 6.45) is 16.5. The van der Waals surface area contributed by atoms with Crippen molar-refractivity contribution in [2.24, 2.45) is 5.84 Å². The van der Waals surface area contributed by atoms with Gasteiger partial charge in [0.1, 0.15) is 0 Å². The summed E-state index contributed by atoms with van der Waals surface area (Å²) < 4.78 is 1.16. The molecule has 0 spiro atoms. The van der Waals surface area contributed by atoms with Crippen LogP contribution in [0.1, 0.15) is 24.0 Å². The molecular weight excluding hydrogens is 362 g/mol. The largest absolute Gasteiger partial charge is 0.362 e. The van der Waals surface area contributed by atoms with E-state index in [2.05, 4.69) is 69.4 Å². The monoisotopic (exact) mass is 381 g/mol. The second-order valence-corrected chi connectivity index (χ2v) is 7.79. The minimum Gasteiger partial charge on any atom is -0.362 e. The van der Waals surface area contributed by atoms with Gasteiger partial charge in [0.25, 0.3) is 0 Å². The Morgan fingerprint density at radius 3 is 2.88 bits per heavy atom. The lowest BCUT2D eigenvalue weighted by Gasteiger charge is -2.32. The highest BCUT2D eigenvalue weighted by molar-refractivity contribution is 9.11. The zero-order valence-corrected chi connectivity index (χ0v) is 15.0. The van der Waals surface area contributed by atoms with Gasteiger partial charge in [-0.05, 0) is 36.5 Å². The lowest BCUT2D eigenvalue weighted by Crippen LogP contribution is -2.40. The Bertz CT molecular complexity index is 834. The molecule has 1 aromatic carbocycles. The number of hydrazine groups is 1. The van der Waals surface area contributed by atoms with Gasteiger partial charge in [0.05, 0.1) is 23.5 Å². The molecule has 4 heteroatoms. The van der Waals surface area contributed by atoms with Gasteiger partial charge in [-0.25, -0.2) is 5.84 Å². The molecule has 24 heavy (non-hydrogen) atoms. The van der Waals surface area contributed by atoms with Crippen LogP contribution in [0, 0.1) is 0 Å². The molecule has 4 aliphatic rings. The first-order valence-electron chi connectivity index (χ1n) is 8.61. The molecule has 0 radical (unpaired) electrons. The van der Waals surface area contributed by atoms with E-state index in [1.807, 2.05) is 5.01 Å². The standard InChI is InChI=1S/C20H20BrN3/c21-14-7-9-18-17(12-14)16-8-6-13-10-11-23(15-4-2-1-3-5-15)19(13)20(16)24(18)22/h1-4,6-8,12,15,18H,5,9-11,22H2. The number of benzene rings is 1. The summed E-state index contributed by atoms with van der Waals surface area (Å²) in [5.41, 5.74) is 6.65. The van der Waals surface area contributed by atoms with E-state index >= 15 is 0 Å². The molecular formula is C20H20BrN3. The SMILES string of the molecule is NN1c2c(ccc3c2N(C2C=CC=CC2)CC3)C2=CC(Br)=CCC21. The van der Waals surface area contributed by atoms with Gasteiger partial charge in [-0.1, -0.05) is 58.4 Å². The van der Waals surface area contributed by atoms with Crippen molar-refractivity contribution in [3.05, 3.63) is 64.2 Å². The quantitative estimate of drug-likeness (QED) is 0.744. The van der Waals surface area contributed by atoms with E-state index in [9.17, 15) is 0 Å². The molecule has 2 atom stereocenters. The van der Waals surface area contributed by atoms with E-state index in [1.165, 1.54) is 28.1 Å². The molecule has 0 fully saturated rings. The Morgan fingerprint density at radius 2 is 2.04 bits per heavy atom. The first-order valence-corrected chi connectivity index (χ1v) is 9.41. The molecule has 5 rings (SSSR count). The molecule has 2 aliphatic carbocycles. The van der Waals surface area contributed by atoms with Crippen molar-refractivity contribution in [1.29, 1.82) is 0 Å². The lowest BCUT2D eigenvalue weighted by molar-refractivity contribution is 0.705. The van der Waals surface area contributed by atoms with E-state index in [4.69, 9.17) is 5.84 Å². The van der Waals surface area contributed by atoms with Crippen LogP contribution < -0.4 is 15.8 Å². The summed E-state index contributed by atoms with van der Waals surface area (Å²) >= 11 is 3.63. The van der Waals surface area contributed by atoms with E-state index < -0.39 is 0 Å². The summed E-state index contributed by atoms with van der Waals surface area (Å²) in [5.74, 6) is 6.60. The molecule has 0 bridgehead atoms. The predicted molar refractivity (Wildman–Crippen MR) is 104 cm³/mol. The second kappa shape index (κ2) is 5.36. The van der Waals surface area contributed by atoms with Gasteiger partial charge in [-0.2, -0.15) is 0 Å². The average Bonchev–Trinajstić information content (AvgIpc) is 3.15. The minimum absolute atomic E-state index is 0.261. The fourth-order valence-electron chi connectivity index (χ4n) is 4.45. The molecule has 122 valence electrons. The van der Waals surface area contributed by atoms with Crippen molar-refractivity contribution in [3.63, 3.8) is 0 Å². The van der Waals surface area contributed by atoms with Gasteiger partial charge in [0, 0.05) is 16.6 Å². The van der Waals surface area contributed by atoms with Crippen LogP contribution in [0.4, 0.5) is 11.4 Å². The number of nitrogens with two attached hydrogens (primary N) is 1. The molecule has 2 aliphatic heterocycles. The molecule has 2 unspecified atom stereocenters. The third kappa shape index (κ3) is 1.99. The topological polar surface area (TPSA) is 32.5 Å². The number of hydrogen-bond acceptors (Lipinski definition) is 3. The lowest BCUT2D eigenvalue weighted by atomic mass is 9.95. The first kappa shape index (κ1) is 14.6. The van der Waals surface area contributed by atoms with Gasteiger partial charge >= 0.3 is 0 Å². The third-order valence-electron chi connectivity index (χ3n) is 5.60. The highest BCUT2D eigenvalue weighted by Crippen LogP contribution is 2.51. The Hall–Kier alpha value is -1.78. The van der Waals surface area contributed by atoms with Crippen LogP contribution in [0.15, 0.2) is 53.1 Å². The van der Waals surface area contributed by atoms with E-state index in [-0.39, 0.29) is 6.04 Å². The van der Waals surface area contributed by atoms with E-state index in [0.29, 0.717) is 6.04 Å². The number of rotatable bonds is 1. The summed E-state index contributed by atoms with van der Waals surface area (Å²) in [4.78, 5) is 2.55. The number of allylic oxidation sites excluding steroid dienone is 4. The van der Waals surface area contributed by atoms with Gasteiger partial charge in [0.2, 0.25) is 0 Å². The van der Waals surface area contributed by atoms with Crippen molar-refractivity contribution in [3.8, 4) is 0 Å². The van der Waals surface area contributed by atoms with Crippen LogP contribution in [0.5, 0.6) is 0 Å². The number of anilines is 2. The fourth-order valence-corrected chi connectivity index (χ4v) is 4.89. The maximum atomic E-state index is 6.60.